The minimum absolute atomic E-state index is 0.206. The van der Waals surface area contributed by atoms with Crippen LogP contribution in [-0.4, -0.2) is 35.2 Å². The molecule has 0 atom stereocenters. The van der Waals surface area contributed by atoms with E-state index >= 15 is 0 Å². The van der Waals surface area contributed by atoms with Crippen LogP contribution in [0.4, 0.5) is 0 Å². The second kappa shape index (κ2) is 8.05. The summed E-state index contributed by atoms with van der Waals surface area (Å²) in [7, 11) is 1.57. The average molecular weight is 330 g/mol. The predicted octanol–water partition coefficient (Wildman–Crippen LogP) is 1.44. The van der Waals surface area contributed by atoms with Gasteiger partial charge in [-0.15, -0.1) is 0 Å². The molecule has 0 radical (unpaired) electrons. The lowest BCUT2D eigenvalue weighted by molar-refractivity contribution is -0.145. The Balaban J connectivity index is 2.17. The SMILES string of the molecule is CCOC(=O)CC(=O)Cn1nc(-c2ccc(OC)cc2)ccc1=O. The first-order chi connectivity index (χ1) is 11.5. The van der Waals surface area contributed by atoms with E-state index in [0.29, 0.717) is 11.4 Å². The van der Waals surface area contributed by atoms with Gasteiger partial charge in [0.15, 0.2) is 5.78 Å². The summed E-state index contributed by atoms with van der Waals surface area (Å²) in [6.07, 6.45) is -0.380. The van der Waals surface area contributed by atoms with Crippen molar-refractivity contribution in [2.75, 3.05) is 13.7 Å². The molecular weight excluding hydrogens is 312 g/mol. The van der Waals surface area contributed by atoms with E-state index in [2.05, 4.69) is 5.10 Å². The van der Waals surface area contributed by atoms with Crippen LogP contribution in [0.25, 0.3) is 11.3 Å². The molecule has 7 heteroatoms. The minimum Gasteiger partial charge on any atom is -0.497 e. The first-order valence-electron chi connectivity index (χ1n) is 7.43. The van der Waals surface area contributed by atoms with Crippen LogP contribution in [0, 0.1) is 0 Å². The van der Waals surface area contributed by atoms with Crippen LogP contribution in [-0.2, 0) is 20.9 Å². The predicted molar refractivity (Wildman–Crippen MR) is 86.7 cm³/mol. The highest BCUT2D eigenvalue weighted by atomic mass is 16.5. The van der Waals surface area contributed by atoms with Gasteiger partial charge in [-0.05, 0) is 37.3 Å². The van der Waals surface area contributed by atoms with Crippen molar-refractivity contribution in [1.82, 2.24) is 9.78 Å². The van der Waals surface area contributed by atoms with Crippen LogP contribution in [0.5, 0.6) is 5.75 Å². The van der Waals surface area contributed by atoms with Crippen LogP contribution in [0.15, 0.2) is 41.2 Å². The van der Waals surface area contributed by atoms with Crippen LogP contribution in [0.1, 0.15) is 13.3 Å². The summed E-state index contributed by atoms with van der Waals surface area (Å²) in [6, 6.07) is 10.1. The highest BCUT2D eigenvalue weighted by Crippen LogP contribution is 2.19. The number of esters is 1. The molecule has 0 saturated carbocycles. The van der Waals surface area contributed by atoms with Gasteiger partial charge in [-0.25, -0.2) is 4.68 Å². The maximum atomic E-state index is 11.9. The maximum Gasteiger partial charge on any atom is 0.313 e. The summed E-state index contributed by atoms with van der Waals surface area (Å²) in [6.45, 7) is 1.59. The van der Waals surface area contributed by atoms with Gasteiger partial charge in [0.1, 0.15) is 18.7 Å². The molecule has 1 aromatic heterocycles. The third-order valence-electron chi connectivity index (χ3n) is 3.23. The van der Waals surface area contributed by atoms with Crippen LogP contribution in [0.3, 0.4) is 0 Å². The van der Waals surface area contributed by atoms with Gasteiger partial charge in [0.25, 0.3) is 5.56 Å². The number of nitrogens with zero attached hydrogens (tertiary/aromatic N) is 2. The van der Waals surface area contributed by atoms with Crippen molar-refractivity contribution < 1.29 is 19.1 Å². The summed E-state index contributed by atoms with van der Waals surface area (Å²) < 4.78 is 10.9. The second-order valence-electron chi connectivity index (χ2n) is 4.96. The van der Waals surface area contributed by atoms with Gasteiger partial charge in [-0.1, -0.05) is 0 Å². The summed E-state index contributed by atoms with van der Waals surface area (Å²) >= 11 is 0. The number of hydrogen-bond acceptors (Lipinski definition) is 6. The van der Waals surface area contributed by atoms with E-state index in [-0.39, 0.29) is 19.6 Å². The minimum atomic E-state index is -0.609. The molecule has 7 nitrogen and oxygen atoms in total. The van der Waals surface area contributed by atoms with Gasteiger partial charge in [-0.3, -0.25) is 14.4 Å². The molecule has 2 aromatic rings. The van der Waals surface area contributed by atoms with Gasteiger partial charge in [0.05, 0.1) is 19.4 Å². The molecule has 24 heavy (non-hydrogen) atoms. The zero-order chi connectivity index (χ0) is 17.5. The van der Waals surface area contributed by atoms with E-state index in [1.54, 1.807) is 44.4 Å². The number of ether oxygens (including phenoxy) is 2. The molecule has 0 spiro atoms. The van der Waals surface area contributed by atoms with E-state index in [9.17, 15) is 14.4 Å². The molecule has 0 saturated heterocycles. The van der Waals surface area contributed by atoms with Crippen molar-refractivity contribution in [2.45, 2.75) is 19.9 Å². The van der Waals surface area contributed by atoms with Crippen molar-refractivity contribution in [1.29, 1.82) is 0 Å². The average Bonchev–Trinajstić information content (AvgIpc) is 2.57. The Morgan fingerprint density at radius 3 is 2.46 bits per heavy atom. The monoisotopic (exact) mass is 330 g/mol. The first kappa shape index (κ1) is 17.4. The zero-order valence-corrected chi connectivity index (χ0v) is 13.5. The van der Waals surface area contributed by atoms with Crippen molar-refractivity contribution in [3.05, 3.63) is 46.8 Å². The van der Waals surface area contributed by atoms with Gasteiger partial charge in [0, 0.05) is 11.6 Å². The summed E-state index contributed by atoms with van der Waals surface area (Å²) in [5.41, 5.74) is 0.910. The third-order valence-corrected chi connectivity index (χ3v) is 3.23. The van der Waals surface area contributed by atoms with E-state index < -0.39 is 17.3 Å². The number of benzene rings is 1. The Labute approximate surface area is 138 Å². The van der Waals surface area contributed by atoms with Crippen LogP contribution < -0.4 is 10.3 Å². The molecule has 0 aliphatic carbocycles. The number of carbonyl (C=O) groups excluding carboxylic acids is 2. The number of methoxy groups -OCH3 is 1. The molecule has 0 bridgehead atoms. The lowest BCUT2D eigenvalue weighted by Gasteiger charge is -2.07. The number of aromatic nitrogens is 2. The molecule has 0 N–H and O–H groups in total. The fourth-order valence-electron chi connectivity index (χ4n) is 2.07. The normalized spacial score (nSPS) is 10.2. The molecular formula is C17H18N2O5. The Hall–Kier alpha value is -2.96. The van der Waals surface area contributed by atoms with Crippen LogP contribution in [0.2, 0.25) is 0 Å². The largest absolute Gasteiger partial charge is 0.497 e. The summed E-state index contributed by atoms with van der Waals surface area (Å²) in [5.74, 6) is -0.339. The third kappa shape index (κ3) is 4.52. The van der Waals surface area contributed by atoms with Gasteiger partial charge in [0.2, 0.25) is 0 Å². The molecule has 2 rings (SSSR count). The number of Topliss-reactive ketones (excluding diaryl/α,β-unsaturated/α-hetero) is 1. The lowest BCUT2D eigenvalue weighted by Crippen LogP contribution is -2.27. The van der Waals surface area contributed by atoms with Crippen LogP contribution >= 0.6 is 0 Å². The topological polar surface area (TPSA) is 87.5 Å². The number of carbonyl (C=O) groups is 2. The van der Waals surface area contributed by atoms with Gasteiger partial charge >= 0.3 is 5.97 Å². The van der Waals surface area contributed by atoms with Crippen molar-refractivity contribution in [2.24, 2.45) is 0 Å². The molecule has 0 amide bonds. The highest BCUT2D eigenvalue weighted by Gasteiger charge is 2.13. The second-order valence-corrected chi connectivity index (χ2v) is 4.96. The standard InChI is InChI=1S/C17H18N2O5/c1-3-24-17(22)10-13(20)11-19-16(21)9-8-15(18-19)12-4-6-14(23-2)7-5-12/h4-9H,3,10-11H2,1-2H3. The molecule has 0 unspecified atom stereocenters. The first-order valence-corrected chi connectivity index (χ1v) is 7.43. The van der Waals surface area contributed by atoms with Gasteiger partial charge < -0.3 is 9.47 Å². The summed E-state index contributed by atoms with van der Waals surface area (Å²) in [5, 5.41) is 4.18. The molecule has 0 aliphatic heterocycles. The number of ketones is 1. The van der Waals surface area contributed by atoms with E-state index in [0.717, 1.165) is 10.2 Å². The van der Waals surface area contributed by atoms with E-state index in [1.165, 1.54) is 6.07 Å². The number of rotatable bonds is 7. The Morgan fingerprint density at radius 2 is 1.83 bits per heavy atom. The van der Waals surface area contributed by atoms with Crippen molar-refractivity contribution in [3.63, 3.8) is 0 Å². The molecule has 126 valence electrons. The molecule has 1 heterocycles. The van der Waals surface area contributed by atoms with Gasteiger partial charge in [-0.2, -0.15) is 5.10 Å². The Bertz CT molecular complexity index is 780. The fraction of sp³-hybridized carbons (Fsp3) is 0.294. The smallest absolute Gasteiger partial charge is 0.313 e. The maximum absolute atomic E-state index is 11.9. The molecule has 0 fully saturated rings. The zero-order valence-electron chi connectivity index (χ0n) is 13.5. The quantitative estimate of drug-likeness (QED) is 0.564. The van der Waals surface area contributed by atoms with E-state index in [4.69, 9.17) is 9.47 Å². The molecule has 1 aromatic carbocycles. The lowest BCUT2D eigenvalue weighted by atomic mass is 10.1. The highest BCUT2D eigenvalue weighted by molar-refractivity contribution is 5.95. The summed E-state index contributed by atoms with van der Waals surface area (Å²) in [4.78, 5) is 35.0. The Kier molecular flexibility index (Phi) is 5.83. The van der Waals surface area contributed by atoms with Crippen molar-refractivity contribution >= 4 is 11.8 Å². The Morgan fingerprint density at radius 1 is 1.12 bits per heavy atom. The number of hydrogen-bond donors (Lipinski definition) is 0. The van der Waals surface area contributed by atoms with Crippen molar-refractivity contribution in [3.8, 4) is 17.0 Å². The van der Waals surface area contributed by atoms with E-state index in [1.807, 2.05) is 0 Å². The fourth-order valence-corrected chi connectivity index (χ4v) is 2.07. The molecule has 0 aliphatic rings.